The van der Waals surface area contributed by atoms with E-state index in [0.717, 1.165) is 50.1 Å². The molecular weight excluding hydrogens is 266 g/mol. The van der Waals surface area contributed by atoms with Crippen molar-refractivity contribution in [3.05, 3.63) is 30.2 Å². The van der Waals surface area contributed by atoms with E-state index in [2.05, 4.69) is 22.4 Å². The average molecular weight is 289 g/mol. The topological polar surface area (TPSA) is 60.2 Å². The van der Waals surface area contributed by atoms with Crippen molar-refractivity contribution in [1.29, 1.82) is 0 Å². The van der Waals surface area contributed by atoms with Crippen LogP contribution in [0.2, 0.25) is 0 Å². The zero-order valence-corrected chi connectivity index (χ0v) is 12.8. The van der Waals surface area contributed by atoms with Gasteiger partial charge in [-0.2, -0.15) is 0 Å². The second-order valence-corrected chi connectivity index (χ2v) is 4.93. The molecule has 0 fully saturated rings. The van der Waals surface area contributed by atoms with Gasteiger partial charge in [-0.3, -0.25) is 0 Å². The first-order chi connectivity index (χ1) is 10.3. The lowest BCUT2D eigenvalue weighted by atomic mass is 10.2. The maximum Gasteiger partial charge on any atom is 0.247 e. The van der Waals surface area contributed by atoms with Crippen LogP contribution in [0.4, 0.5) is 0 Å². The molecule has 1 heterocycles. The Balaban J connectivity index is 1.92. The number of unbranched alkanes of at least 4 members (excludes halogenated alkanes) is 1. The Morgan fingerprint density at radius 1 is 1.14 bits per heavy atom. The molecule has 0 radical (unpaired) electrons. The van der Waals surface area contributed by atoms with Crippen molar-refractivity contribution in [1.82, 2.24) is 15.5 Å². The Labute approximate surface area is 125 Å². The van der Waals surface area contributed by atoms with Gasteiger partial charge >= 0.3 is 0 Å². The molecule has 0 aliphatic heterocycles. The van der Waals surface area contributed by atoms with Gasteiger partial charge in [-0.15, -0.1) is 10.2 Å². The largest absolute Gasteiger partial charge is 0.494 e. The second kappa shape index (κ2) is 8.42. The molecule has 0 spiro atoms. The number of hydrogen-bond donors (Lipinski definition) is 1. The molecule has 1 aromatic carbocycles. The van der Waals surface area contributed by atoms with E-state index in [1.807, 2.05) is 31.3 Å². The quantitative estimate of drug-likeness (QED) is 0.719. The third-order valence-electron chi connectivity index (χ3n) is 3.15. The highest BCUT2D eigenvalue weighted by Crippen LogP contribution is 2.21. The second-order valence-electron chi connectivity index (χ2n) is 4.93. The van der Waals surface area contributed by atoms with Crippen LogP contribution in [0.1, 0.15) is 32.1 Å². The molecule has 0 atom stereocenters. The van der Waals surface area contributed by atoms with Gasteiger partial charge in [-0.05, 0) is 50.7 Å². The summed E-state index contributed by atoms with van der Waals surface area (Å²) in [5.74, 6) is 2.12. The molecule has 2 rings (SSSR count). The van der Waals surface area contributed by atoms with E-state index in [-0.39, 0.29) is 0 Å². The van der Waals surface area contributed by atoms with E-state index in [1.165, 1.54) is 0 Å². The number of hydrogen-bond acceptors (Lipinski definition) is 5. The molecule has 2 aromatic rings. The highest BCUT2D eigenvalue weighted by molar-refractivity contribution is 5.53. The van der Waals surface area contributed by atoms with Crippen molar-refractivity contribution in [2.45, 2.75) is 32.6 Å². The van der Waals surface area contributed by atoms with Gasteiger partial charge in [0.05, 0.1) is 6.61 Å². The number of aromatic nitrogens is 2. The molecule has 0 amide bonds. The van der Waals surface area contributed by atoms with Crippen molar-refractivity contribution >= 4 is 0 Å². The predicted octanol–water partition coefficient (Wildman–Crippen LogP) is 3.07. The van der Waals surface area contributed by atoms with E-state index in [9.17, 15) is 0 Å². The van der Waals surface area contributed by atoms with Crippen LogP contribution < -0.4 is 10.1 Å². The van der Waals surface area contributed by atoms with Crippen LogP contribution >= 0.6 is 0 Å². The van der Waals surface area contributed by atoms with Crippen LogP contribution in [0.3, 0.4) is 0 Å². The summed E-state index contributed by atoms with van der Waals surface area (Å²) in [4.78, 5) is 0. The highest BCUT2D eigenvalue weighted by Gasteiger charge is 2.08. The molecule has 5 heteroatoms. The van der Waals surface area contributed by atoms with Crippen molar-refractivity contribution in [2.24, 2.45) is 0 Å². The summed E-state index contributed by atoms with van der Waals surface area (Å²) in [6.45, 7) is 3.85. The Hall–Kier alpha value is -1.88. The van der Waals surface area contributed by atoms with Gasteiger partial charge in [-0.25, -0.2) is 0 Å². The molecule has 5 nitrogen and oxygen atoms in total. The van der Waals surface area contributed by atoms with Crippen molar-refractivity contribution in [3.8, 4) is 17.2 Å². The Kier molecular flexibility index (Phi) is 6.22. The lowest BCUT2D eigenvalue weighted by Crippen LogP contribution is -2.08. The van der Waals surface area contributed by atoms with Crippen molar-refractivity contribution in [3.63, 3.8) is 0 Å². The van der Waals surface area contributed by atoms with Crippen LogP contribution in [-0.2, 0) is 6.42 Å². The van der Waals surface area contributed by atoms with Crippen LogP contribution in [0.25, 0.3) is 11.5 Å². The molecule has 0 bridgehead atoms. The SMILES string of the molecule is CCCCOc1ccc(-c2nnc(CCCNC)o2)cc1. The fourth-order valence-corrected chi connectivity index (χ4v) is 1.92. The molecule has 21 heavy (non-hydrogen) atoms. The van der Waals surface area contributed by atoms with E-state index >= 15 is 0 Å². The minimum absolute atomic E-state index is 0.564. The maximum absolute atomic E-state index is 5.66. The molecular formula is C16H23N3O2. The smallest absolute Gasteiger partial charge is 0.247 e. The summed E-state index contributed by atoms with van der Waals surface area (Å²) < 4.78 is 11.3. The van der Waals surface area contributed by atoms with Gasteiger partial charge in [0, 0.05) is 12.0 Å². The average Bonchev–Trinajstić information content (AvgIpc) is 2.97. The normalized spacial score (nSPS) is 10.8. The molecule has 1 aromatic heterocycles. The number of ether oxygens (including phenoxy) is 1. The van der Waals surface area contributed by atoms with Crippen molar-refractivity contribution in [2.75, 3.05) is 20.2 Å². The molecule has 0 unspecified atom stereocenters. The lowest BCUT2D eigenvalue weighted by Gasteiger charge is -2.05. The van der Waals surface area contributed by atoms with Crippen molar-refractivity contribution < 1.29 is 9.15 Å². The summed E-state index contributed by atoms with van der Waals surface area (Å²) in [6, 6.07) is 7.78. The highest BCUT2D eigenvalue weighted by atomic mass is 16.5. The van der Waals surface area contributed by atoms with Crippen LogP contribution in [0, 0.1) is 0 Å². The molecule has 0 aliphatic carbocycles. The summed E-state index contributed by atoms with van der Waals surface area (Å²) in [5, 5.41) is 11.3. The van der Waals surface area contributed by atoms with Crippen LogP contribution in [0.15, 0.2) is 28.7 Å². The van der Waals surface area contributed by atoms with E-state index in [1.54, 1.807) is 0 Å². The molecule has 114 valence electrons. The number of nitrogens with zero attached hydrogens (tertiary/aromatic N) is 2. The van der Waals surface area contributed by atoms with Gasteiger partial charge in [0.15, 0.2) is 0 Å². The third kappa shape index (κ3) is 4.86. The van der Waals surface area contributed by atoms with Crippen LogP contribution in [-0.4, -0.2) is 30.4 Å². The maximum atomic E-state index is 5.66. The number of benzene rings is 1. The van der Waals surface area contributed by atoms with Gasteiger partial charge in [0.1, 0.15) is 5.75 Å². The molecule has 0 saturated heterocycles. The van der Waals surface area contributed by atoms with E-state index in [4.69, 9.17) is 9.15 Å². The Bertz CT molecular complexity index is 523. The zero-order valence-electron chi connectivity index (χ0n) is 12.8. The minimum atomic E-state index is 0.564. The monoisotopic (exact) mass is 289 g/mol. The summed E-state index contributed by atoms with van der Waals surface area (Å²) in [5.41, 5.74) is 0.921. The Morgan fingerprint density at radius 2 is 1.95 bits per heavy atom. The third-order valence-corrected chi connectivity index (χ3v) is 3.15. The summed E-state index contributed by atoms with van der Waals surface area (Å²) in [7, 11) is 1.93. The first-order valence-electron chi connectivity index (χ1n) is 7.53. The first-order valence-corrected chi connectivity index (χ1v) is 7.53. The molecule has 0 aliphatic rings. The minimum Gasteiger partial charge on any atom is -0.494 e. The van der Waals surface area contributed by atoms with Gasteiger partial charge in [0.25, 0.3) is 0 Å². The fourth-order valence-electron chi connectivity index (χ4n) is 1.92. The molecule has 1 N–H and O–H groups in total. The predicted molar refractivity (Wildman–Crippen MR) is 82.4 cm³/mol. The van der Waals surface area contributed by atoms with Gasteiger partial charge < -0.3 is 14.5 Å². The lowest BCUT2D eigenvalue weighted by molar-refractivity contribution is 0.309. The van der Waals surface area contributed by atoms with E-state index in [0.29, 0.717) is 11.8 Å². The zero-order chi connectivity index (χ0) is 14.9. The first kappa shape index (κ1) is 15.5. The molecule has 0 saturated carbocycles. The van der Waals surface area contributed by atoms with E-state index < -0.39 is 0 Å². The number of aryl methyl sites for hydroxylation is 1. The fraction of sp³-hybridized carbons (Fsp3) is 0.500. The summed E-state index contributed by atoms with van der Waals surface area (Å²) in [6.07, 6.45) is 3.99. The van der Waals surface area contributed by atoms with Gasteiger partial charge in [0.2, 0.25) is 11.8 Å². The number of rotatable bonds is 9. The number of nitrogens with one attached hydrogen (secondary N) is 1. The summed E-state index contributed by atoms with van der Waals surface area (Å²) >= 11 is 0. The van der Waals surface area contributed by atoms with Gasteiger partial charge in [-0.1, -0.05) is 13.3 Å². The standard InChI is InChI=1S/C16H23N3O2/c1-3-4-12-20-14-9-7-13(8-10-14)16-19-18-15(21-16)6-5-11-17-2/h7-10,17H,3-6,11-12H2,1-2H3. The Morgan fingerprint density at radius 3 is 2.67 bits per heavy atom. The van der Waals surface area contributed by atoms with Crippen LogP contribution in [0.5, 0.6) is 5.75 Å².